The fourth-order valence-corrected chi connectivity index (χ4v) is 4.64. The number of nitrogens with zero attached hydrogens (tertiary/aromatic N) is 3. The number of hydrogen-bond donors (Lipinski definition) is 2. The summed E-state index contributed by atoms with van der Waals surface area (Å²) in [6.07, 6.45) is -0.473. The number of aromatic amines is 1. The van der Waals surface area contributed by atoms with Gasteiger partial charge in [-0.2, -0.15) is 5.26 Å². The van der Waals surface area contributed by atoms with Crippen molar-refractivity contribution in [3.63, 3.8) is 0 Å². The molecule has 1 saturated heterocycles. The largest absolute Gasteiger partial charge is 0.490 e. The number of allylic oxidation sites excluding steroid dienone is 1. The number of hydrogen-bond acceptors (Lipinski definition) is 8. The first-order chi connectivity index (χ1) is 18.0. The summed E-state index contributed by atoms with van der Waals surface area (Å²) in [5.74, 6) is 0.341. The van der Waals surface area contributed by atoms with Gasteiger partial charge in [0, 0.05) is 23.1 Å². The number of ether oxygens (including phenoxy) is 4. The van der Waals surface area contributed by atoms with Crippen molar-refractivity contribution in [3.8, 4) is 34.7 Å². The van der Waals surface area contributed by atoms with Crippen molar-refractivity contribution < 1.29 is 23.7 Å². The first-order valence-electron chi connectivity index (χ1n) is 11.7. The molecule has 1 fully saturated rings. The fraction of sp³-hybridized carbons (Fsp3) is 0.269. The number of amides is 1. The Bertz CT molecular complexity index is 1390. The molecule has 190 valence electrons. The summed E-state index contributed by atoms with van der Waals surface area (Å²) in [7, 11) is 0. The minimum absolute atomic E-state index is 0.0189. The van der Waals surface area contributed by atoms with Gasteiger partial charge in [0.1, 0.15) is 11.6 Å². The molecule has 37 heavy (non-hydrogen) atoms. The Balaban J connectivity index is 1.56. The second-order valence-corrected chi connectivity index (χ2v) is 9.27. The van der Waals surface area contributed by atoms with Crippen LogP contribution in [0.1, 0.15) is 24.0 Å². The van der Waals surface area contributed by atoms with E-state index in [4.69, 9.17) is 24.7 Å². The Kier molecular flexibility index (Phi) is 7.03. The van der Waals surface area contributed by atoms with Crippen molar-refractivity contribution in [2.45, 2.75) is 12.8 Å². The van der Waals surface area contributed by atoms with E-state index in [1.54, 1.807) is 23.1 Å². The van der Waals surface area contributed by atoms with Gasteiger partial charge in [-0.25, -0.2) is 4.79 Å². The summed E-state index contributed by atoms with van der Waals surface area (Å²) in [5.41, 5.74) is 9.33. The zero-order chi connectivity index (χ0) is 25.9. The maximum atomic E-state index is 12.7. The summed E-state index contributed by atoms with van der Waals surface area (Å²) in [6, 6.07) is 15.1. The van der Waals surface area contributed by atoms with Crippen molar-refractivity contribution in [2.75, 3.05) is 32.9 Å². The second-order valence-electron chi connectivity index (χ2n) is 8.36. The van der Waals surface area contributed by atoms with Crippen LogP contribution in [0.25, 0.3) is 11.3 Å². The average molecular weight is 566 g/mol. The lowest BCUT2D eigenvalue weighted by Gasteiger charge is -2.27. The zero-order valence-corrected chi connectivity index (χ0v) is 21.6. The lowest BCUT2D eigenvalue weighted by Crippen LogP contribution is -2.42. The summed E-state index contributed by atoms with van der Waals surface area (Å²) in [6.45, 7) is 4.04. The van der Waals surface area contributed by atoms with E-state index in [1.165, 1.54) is 0 Å². The number of nitrogens with one attached hydrogen (secondary N) is 1. The van der Waals surface area contributed by atoms with Crippen LogP contribution in [0.4, 0.5) is 4.79 Å². The topological polar surface area (TPSA) is 136 Å². The summed E-state index contributed by atoms with van der Waals surface area (Å²) in [5, 5.41) is 17.4. The van der Waals surface area contributed by atoms with E-state index in [0.717, 1.165) is 10.0 Å². The Morgan fingerprint density at radius 1 is 1.24 bits per heavy atom. The van der Waals surface area contributed by atoms with Crippen LogP contribution in [0.3, 0.4) is 0 Å². The standard InChI is InChI=1S/C26H24BrN5O5/c1-2-35-20-13-16(5-8-19(20)36-26(33)32-9-11-34-12-10-32)21-18(14-28)24(29)37-25-22(21)23(30-31-25)15-3-6-17(27)7-4-15/h3-8,13,21H,2,9-12,29H2,1H3,(H,30,31)/t21-/m1/s1. The third kappa shape index (κ3) is 4.85. The minimum atomic E-state index is -0.589. The van der Waals surface area contributed by atoms with Gasteiger partial charge in [-0.15, -0.1) is 5.10 Å². The van der Waals surface area contributed by atoms with Crippen LogP contribution in [0, 0.1) is 11.3 Å². The molecule has 1 aromatic heterocycles. The SMILES string of the molecule is CCOc1cc([C@@H]2C(C#N)=C(N)Oc3n[nH]c(-c4ccc(Br)cc4)c32)ccc1OC(=O)N1CCOCC1. The summed E-state index contributed by atoms with van der Waals surface area (Å²) < 4.78 is 23.5. The molecule has 1 atom stereocenters. The van der Waals surface area contributed by atoms with E-state index < -0.39 is 12.0 Å². The van der Waals surface area contributed by atoms with Crippen molar-refractivity contribution in [1.82, 2.24) is 15.1 Å². The van der Waals surface area contributed by atoms with Crippen LogP contribution in [-0.2, 0) is 4.74 Å². The van der Waals surface area contributed by atoms with Crippen LogP contribution >= 0.6 is 15.9 Å². The van der Waals surface area contributed by atoms with Crippen molar-refractivity contribution in [3.05, 3.63) is 69.5 Å². The van der Waals surface area contributed by atoms with Gasteiger partial charge in [0.05, 0.1) is 37.0 Å². The van der Waals surface area contributed by atoms with Gasteiger partial charge in [-0.3, -0.25) is 5.10 Å². The molecule has 3 heterocycles. The van der Waals surface area contributed by atoms with Gasteiger partial charge in [0.25, 0.3) is 0 Å². The number of aromatic nitrogens is 2. The highest BCUT2D eigenvalue weighted by Gasteiger charge is 2.36. The molecule has 0 bridgehead atoms. The number of nitrogens with two attached hydrogens (primary N) is 1. The molecule has 0 aliphatic carbocycles. The lowest BCUT2D eigenvalue weighted by atomic mass is 9.83. The van der Waals surface area contributed by atoms with Crippen molar-refractivity contribution in [1.29, 1.82) is 5.26 Å². The molecule has 2 aliphatic rings. The fourth-order valence-electron chi connectivity index (χ4n) is 4.38. The highest BCUT2D eigenvalue weighted by molar-refractivity contribution is 9.10. The van der Waals surface area contributed by atoms with Crippen molar-refractivity contribution >= 4 is 22.0 Å². The number of morpholine rings is 1. The van der Waals surface area contributed by atoms with Crippen molar-refractivity contribution in [2.24, 2.45) is 5.73 Å². The van der Waals surface area contributed by atoms with Crippen LogP contribution in [0.5, 0.6) is 17.4 Å². The maximum absolute atomic E-state index is 12.7. The van der Waals surface area contributed by atoms with Gasteiger partial charge in [-0.05, 0) is 36.8 Å². The number of rotatable bonds is 5. The molecule has 5 rings (SSSR count). The van der Waals surface area contributed by atoms with Crippen LogP contribution in [0.15, 0.2) is 58.4 Å². The van der Waals surface area contributed by atoms with Crippen LogP contribution < -0.4 is 19.9 Å². The van der Waals surface area contributed by atoms with Gasteiger partial charge in [0.15, 0.2) is 11.5 Å². The van der Waals surface area contributed by atoms with Crippen LogP contribution in [-0.4, -0.2) is 54.1 Å². The van der Waals surface area contributed by atoms with Crippen LogP contribution in [0.2, 0.25) is 0 Å². The van der Waals surface area contributed by atoms with E-state index in [2.05, 4.69) is 32.2 Å². The molecule has 1 amide bonds. The minimum Gasteiger partial charge on any atom is -0.490 e. The van der Waals surface area contributed by atoms with Gasteiger partial charge < -0.3 is 29.6 Å². The molecular formula is C26H24BrN5O5. The lowest BCUT2D eigenvalue weighted by molar-refractivity contribution is 0.0413. The Hall–Kier alpha value is -4.01. The van der Waals surface area contributed by atoms with E-state index in [1.807, 2.05) is 31.2 Å². The molecule has 11 heteroatoms. The molecule has 0 spiro atoms. The van der Waals surface area contributed by atoms with E-state index in [0.29, 0.717) is 61.4 Å². The van der Waals surface area contributed by atoms with Gasteiger partial charge >= 0.3 is 6.09 Å². The molecule has 0 unspecified atom stereocenters. The number of halogens is 1. The molecule has 2 aromatic carbocycles. The molecule has 3 aromatic rings. The highest BCUT2D eigenvalue weighted by Crippen LogP contribution is 2.47. The first kappa shape index (κ1) is 24.7. The molecule has 10 nitrogen and oxygen atoms in total. The Morgan fingerprint density at radius 2 is 2.00 bits per heavy atom. The highest BCUT2D eigenvalue weighted by atomic mass is 79.9. The number of nitriles is 1. The maximum Gasteiger partial charge on any atom is 0.415 e. The third-order valence-corrected chi connectivity index (χ3v) is 6.67. The summed E-state index contributed by atoms with van der Waals surface area (Å²) >= 11 is 3.46. The molecule has 3 N–H and O–H groups in total. The Labute approximate surface area is 221 Å². The number of H-pyrrole nitrogens is 1. The van der Waals surface area contributed by atoms with E-state index in [9.17, 15) is 10.1 Å². The van der Waals surface area contributed by atoms with E-state index >= 15 is 0 Å². The third-order valence-electron chi connectivity index (χ3n) is 6.14. The summed E-state index contributed by atoms with van der Waals surface area (Å²) in [4.78, 5) is 14.3. The number of carbonyl (C=O) groups is 1. The number of fused-ring (bicyclic) bond motifs is 1. The monoisotopic (exact) mass is 565 g/mol. The first-order valence-corrected chi connectivity index (χ1v) is 12.5. The Morgan fingerprint density at radius 3 is 2.70 bits per heavy atom. The molecular weight excluding hydrogens is 542 g/mol. The number of carbonyl (C=O) groups excluding carboxylic acids is 1. The number of benzene rings is 2. The predicted molar refractivity (Wildman–Crippen MR) is 137 cm³/mol. The molecule has 0 radical (unpaired) electrons. The zero-order valence-electron chi connectivity index (χ0n) is 20.0. The quantitative estimate of drug-likeness (QED) is 0.467. The molecule has 2 aliphatic heterocycles. The second kappa shape index (κ2) is 10.5. The normalized spacial score (nSPS) is 17.0. The molecule has 0 saturated carbocycles. The predicted octanol–water partition coefficient (Wildman–Crippen LogP) is 4.29. The van der Waals surface area contributed by atoms with Gasteiger partial charge in [0.2, 0.25) is 11.8 Å². The smallest absolute Gasteiger partial charge is 0.415 e. The van der Waals surface area contributed by atoms with E-state index in [-0.39, 0.29) is 17.2 Å². The average Bonchev–Trinajstić information content (AvgIpc) is 3.33. The van der Waals surface area contributed by atoms with Gasteiger partial charge in [-0.1, -0.05) is 34.1 Å².